The minimum absolute atomic E-state index is 0.0285. The van der Waals surface area contributed by atoms with Crippen LogP contribution in [0.4, 0.5) is 4.39 Å². The Hall–Kier alpha value is -2.15. The number of halogens is 1. The van der Waals surface area contributed by atoms with E-state index in [1.165, 1.54) is 62.0 Å². The number of hydrogen-bond donors (Lipinski definition) is 3. The number of carbonyl (C=O) groups is 2. The molecule has 0 bridgehead atoms. The first kappa shape index (κ1) is 31.3. The third-order valence-electron chi connectivity index (χ3n) is 13.1. The zero-order valence-electron chi connectivity index (χ0n) is 26.2. The highest BCUT2D eigenvalue weighted by molar-refractivity contribution is 5.85. The van der Waals surface area contributed by atoms with Crippen molar-refractivity contribution in [3.05, 3.63) is 29.6 Å². The molecule has 7 heteroatoms. The molecule has 4 N–H and O–H groups in total. The first-order chi connectivity index (χ1) is 19.9. The van der Waals surface area contributed by atoms with Crippen molar-refractivity contribution in [2.75, 3.05) is 6.54 Å². The molecule has 6 nitrogen and oxygen atoms in total. The summed E-state index contributed by atoms with van der Waals surface area (Å²) in [5.41, 5.74) is 6.94. The molecule has 0 heterocycles. The monoisotopic (exact) mass is 584 g/mol. The number of benzene rings is 1. The molecular weight excluding hydrogens is 531 g/mol. The van der Waals surface area contributed by atoms with E-state index in [0.717, 1.165) is 55.4 Å². The van der Waals surface area contributed by atoms with E-state index in [0.29, 0.717) is 22.8 Å². The van der Waals surface area contributed by atoms with E-state index in [1.807, 2.05) is 0 Å². The molecule has 1 aromatic carbocycles. The van der Waals surface area contributed by atoms with Crippen molar-refractivity contribution in [2.45, 2.75) is 117 Å². The molecular formula is C35H53FN2O4. The third kappa shape index (κ3) is 5.37. The molecule has 0 spiro atoms. The maximum atomic E-state index is 14.1. The highest BCUT2D eigenvalue weighted by atomic mass is 19.1. The van der Waals surface area contributed by atoms with Gasteiger partial charge in [-0.15, -0.1) is 0 Å². The van der Waals surface area contributed by atoms with Crippen LogP contribution in [-0.4, -0.2) is 45.6 Å². The van der Waals surface area contributed by atoms with Gasteiger partial charge >= 0.3 is 5.97 Å². The lowest BCUT2D eigenvalue weighted by atomic mass is 9.44. The highest BCUT2D eigenvalue weighted by Gasteiger charge is 2.61. The Morgan fingerprint density at radius 1 is 1.07 bits per heavy atom. The fourth-order valence-electron chi connectivity index (χ4n) is 11.1. The smallest absolute Gasteiger partial charge is 0.326 e. The van der Waals surface area contributed by atoms with Crippen molar-refractivity contribution in [3.63, 3.8) is 0 Å². The van der Waals surface area contributed by atoms with Crippen LogP contribution in [-0.2, 0) is 16.0 Å². The minimum atomic E-state index is -1.13. The topological polar surface area (TPSA) is 104 Å². The minimum Gasteiger partial charge on any atom is -0.505 e. The van der Waals surface area contributed by atoms with E-state index >= 15 is 0 Å². The standard InChI is InChI=1S/C35H53FN2O4/c1-5-6-21(2)26-10-11-27-25-9-8-23-19-24(13-15-34(23,3)28(25)14-16-35(26,27)4)38(32(40)20-37)30(33(41)42)18-22-7-12-31(39)29(36)17-22/h7,12,17,21,23-28,30,39H,5-6,8-11,13-16,18-20,37H2,1-4H3,(H,41,42)/t21-,23?,24?,25?,26-,27?,28?,30+,34+,35-/m1/s1. The first-order valence-electron chi connectivity index (χ1n) is 16.7. The molecule has 5 unspecified atom stereocenters. The number of carboxylic acids is 1. The number of phenolic OH excluding ortho intramolecular Hbond substituents is 1. The number of hydrogen-bond acceptors (Lipinski definition) is 4. The van der Waals surface area contributed by atoms with Gasteiger partial charge in [-0.05, 0) is 122 Å². The fraction of sp³-hybridized carbons (Fsp3) is 0.771. The quantitative estimate of drug-likeness (QED) is 0.297. The van der Waals surface area contributed by atoms with Crippen LogP contribution in [0.3, 0.4) is 0 Å². The number of amides is 1. The number of phenols is 1. The maximum absolute atomic E-state index is 14.1. The summed E-state index contributed by atoms with van der Waals surface area (Å²) in [5, 5.41) is 19.9. The van der Waals surface area contributed by atoms with Crippen LogP contribution < -0.4 is 5.73 Å². The van der Waals surface area contributed by atoms with E-state index in [9.17, 15) is 24.2 Å². The molecule has 0 aliphatic heterocycles. The molecule has 10 atom stereocenters. The van der Waals surface area contributed by atoms with E-state index in [4.69, 9.17) is 5.73 Å². The second kappa shape index (κ2) is 12.1. The van der Waals surface area contributed by atoms with Gasteiger partial charge in [-0.3, -0.25) is 4.79 Å². The summed E-state index contributed by atoms with van der Waals surface area (Å²) in [6.07, 6.45) is 12.9. The van der Waals surface area contributed by atoms with Crippen LogP contribution in [0, 0.1) is 52.2 Å². The molecule has 5 rings (SSSR count). The van der Waals surface area contributed by atoms with E-state index in [1.54, 1.807) is 0 Å². The van der Waals surface area contributed by atoms with Crippen molar-refractivity contribution in [1.29, 1.82) is 0 Å². The molecule has 0 radical (unpaired) electrons. The van der Waals surface area contributed by atoms with Crippen LogP contribution >= 0.6 is 0 Å². The van der Waals surface area contributed by atoms with Gasteiger partial charge in [0.05, 0.1) is 6.54 Å². The molecule has 0 saturated heterocycles. The fourth-order valence-corrected chi connectivity index (χ4v) is 11.1. The molecule has 1 amide bonds. The summed E-state index contributed by atoms with van der Waals surface area (Å²) in [6, 6.07) is 2.58. The van der Waals surface area contributed by atoms with Crippen LogP contribution in [0.1, 0.15) is 104 Å². The average Bonchev–Trinajstić information content (AvgIpc) is 3.31. The second-order valence-corrected chi connectivity index (χ2v) is 14.9. The zero-order chi connectivity index (χ0) is 30.4. The van der Waals surface area contributed by atoms with E-state index in [-0.39, 0.29) is 30.3 Å². The number of carboxylic acid groups (broad SMARTS) is 1. The average molecular weight is 585 g/mol. The van der Waals surface area contributed by atoms with Crippen molar-refractivity contribution >= 4 is 11.9 Å². The van der Waals surface area contributed by atoms with Gasteiger partial charge in [0, 0.05) is 12.5 Å². The normalized spacial score (nSPS) is 37.2. The Morgan fingerprint density at radius 2 is 1.79 bits per heavy atom. The number of nitrogens with two attached hydrogens (primary N) is 1. The molecule has 4 aliphatic rings. The lowest BCUT2D eigenvalue weighted by Crippen LogP contribution is -2.59. The first-order valence-corrected chi connectivity index (χ1v) is 16.7. The number of fused-ring (bicyclic) bond motifs is 5. The van der Waals surface area contributed by atoms with Gasteiger partial charge < -0.3 is 20.8 Å². The Kier molecular flexibility index (Phi) is 9.00. The van der Waals surface area contributed by atoms with Gasteiger partial charge in [-0.25, -0.2) is 9.18 Å². The van der Waals surface area contributed by atoms with Gasteiger partial charge in [0.2, 0.25) is 5.91 Å². The van der Waals surface area contributed by atoms with Crippen LogP contribution in [0.15, 0.2) is 18.2 Å². The number of carbonyl (C=O) groups excluding carboxylic acids is 1. The molecule has 1 aromatic rings. The maximum Gasteiger partial charge on any atom is 0.326 e. The molecule has 4 fully saturated rings. The van der Waals surface area contributed by atoms with Gasteiger partial charge in [0.15, 0.2) is 11.6 Å². The predicted molar refractivity (Wildman–Crippen MR) is 162 cm³/mol. The number of aliphatic carboxylic acids is 1. The van der Waals surface area contributed by atoms with E-state index in [2.05, 4.69) is 27.7 Å². The summed E-state index contributed by atoms with van der Waals surface area (Å²) < 4.78 is 14.1. The summed E-state index contributed by atoms with van der Waals surface area (Å²) in [4.78, 5) is 27.3. The zero-order valence-corrected chi connectivity index (χ0v) is 26.2. The van der Waals surface area contributed by atoms with Crippen molar-refractivity contribution in [1.82, 2.24) is 4.90 Å². The van der Waals surface area contributed by atoms with Crippen LogP contribution in [0.2, 0.25) is 0 Å². The van der Waals surface area contributed by atoms with Crippen molar-refractivity contribution in [3.8, 4) is 5.75 Å². The Balaban J connectivity index is 1.34. The van der Waals surface area contributed by atoms with Crippen LogP contribution in [0.5, 0.6) is 5.75 Å². The molecule has 4 saturated carbocycles. The SMILES string of the molecule is CCC[C@@H](C)[C@H]1CCC2C3CCC4CC(N(C(=O)CN)[C@@H](Cc5ccc(O)c(F)c5)C(=O)O)CC[C@]4(C)C3CC[C@@]21C. The van der Waals surface area contributed by atoms with Crippen LogP contribution in [0.25, 0.3) is 0 Å². The van der Waals surface area contributed by atoms with Crippen molar-refractivity contribution in [2.24, 2.45) is 52.1 Å². The Labute approximate surface area is 251 Å². The lowest BCUT2D eigenvalue weighted by Gasteiger charge is -2.62. The number of aromatic hydroxyl groups is 1. The van der Waals surface area contributed by atoms with Crippen molar-refractivity contribution < 1.29 is 24.2 Å². The predicted octanol–water partition coefficient (Wildman–Crippen LogP) is 6.78. The lowest BCUT2D eigenvalue weighted by molar-refractivity contribution is -0.157. The summed E-state index contributed by atoms with van der Waals surface area (Å²) in [5.74, 6) is 1.64. The van der Waals surface area contributed by atoms with Gasteiger partial charge in [-0.1, -0.05) is 46.6 Å². The van der Waals surface area contributed by atoms with Gasteiger partial charge in [0.25, 0.3) is 0 Å². The Morgan fingerprint density at radius 3 is 2.45 bits per heavy atom. The molecule has 0 aromatic heterocycles. The number of rotatable bonds is 9. The molecule has 4 aliphatic carbocycles. The second-order valence-electron chi connectivity index (χ2n) is 14.9. The van der Waals surface area contributed by atoms with Gasteiger partial charge in [0.1, 0.15) is 6.04 Å². The molecule has 42 heavy (non-hydrogen) atoms. The highest BCUT2D eigenvalue weighted by Crippen LogP contribution is 2.68. The summed E-state index contributed by atoms with van der Waals surface area (Å²) >= 11 is 0. The summed E-state index contributed by atoms with van der Waals surface area (Å²) in [6.45, 7) is 9.67. The number of nitrogens with zero attached hydrogens (tertiary/aromatic N) is 1. The van der Waals surface area contributed by atoms with E-state index < -0.39 is 23.6 Å². The largest absolute Gasteiger partial charge is 0.505 e. The van der Waals surface area contributed by atoms with Gasteiger partial charge in [-0.2, -0.15) is 0 Å². The Bertz CT molecular complexity index is 1160. The molecule has 234 valence electrons. The summed E-state index contributed by atoms with van der Waals surface area (Å²) in [7, 11) is 0. The third-order valence-corrected chi connectivity index (χ3v) is 13.1.